The summed E-state index contributed by atoms with van der Waals surface area (Å²) in [6.45, 7) is -2.31. The topological polar surface area (TPSA) is 21.3 Å². The van der Waals surface area contributed by atoms with Gasteiger partial charge in [0.25, 0.3) is 0 Å². The fourth-order valence-corrected chi connectivity index (χ4v) is 1.28. The molecule has 0 amide bonds. The molecule has 0 heterocycles. The minimum atomic E-state index is -2.83. The lowest BCUT2D eigenvalue weighted by Gasteiger charge is -2.10. The molecular weight excluding hydrogens is 219 g/mol. The molecule has 0 aliphatic heterocycles. The Morgan fingerprint density at radius 2 is 2.00 bits per heavy atom. The zero-order valence-corrected chi connectivity index (χ0v) is 8.76. The predicted molar refractivity (Wildman–Crippen MR) is 55.4 cm³/mol. The zero-order valence-electron chi connectivity index (χ0n) is 8.76. The summed E-state index contributed by atoms with van der Waals surface area (Å²) in [5.41, 5.74) is 0.640. The van der Waals surface area contributed by atoms with Crippen LogP contribution in [0.4, 0.5) is 13.2 Å². The summed E-state index contributed by atoms with van der Waals surface area (Å²) >= 11 is 0. The molecule has 0 fully saturated rings. The summed E-state index contributed by atoms with van der Waals surface area (Å²) in [5.74, 6) is 0.158. The van der Waals surface area contributed by atoms with E-state index in [1.54, 1.807) is 18.2 Å². The minimum Gasteiger partial charge on any atom is -0.434 e. The van der Waals surface area contributed by atoms with Gasteiger partial charge in [-0.05, 0) is 19.0 Å². The molecule has 0 aliphatic carbocycles. The largest absolute Gasteiger partial charge is 0.434 e. The number of halogens is 3. The van der Waals surface area contributed by atoms with E-state index in [4.69, 9.17) is 0 Å². The van der Waals surface area contributed by atoms with Crippen LogP contribution in [-0.4, -0.2) is 19.8 Å². The van der Waals surface area contributed by atoms with Crippen LogP contribution >= 0.6 is 0 Å². The Hall–Kier alpha value is -1.23. The van der Waals surface area contributed by atoms with Crippen LogP contribution in [0, 0.1) is 0 Å². The highest BCUT2D eigenvalue weighted by Gasteiger charge is 2.08. The highest BCUT2D eigenvalue weighted by molar-refractivity contribution is 5.33. The van der Waals surface area contributed by atoms with E-state index in [1.165, 1.54) is 6.07 Å². The molecule has 1 N–H and O–H groups in total. The van der Waals surface area contributed by atoms with Crippen molar-refractivity contribution in [1.82, 2.24) is 5.32 Å². The molecule has 1 aromatic carbocycles. The summed E-state index contributed by atoms with van der Waals surface area (Å²) < 4.78 is 40.3. The predicted octanol–water partition coefficient (Wildman–Crippen LogP) is 2.74. The average Bonchev–Trinajstić information content (AvgIpc) is 2.26. The monoisotopic (exact) mass is 233 g/mol. The fraction of sp³-hybridized carbons (Fsp3) is 0.455. The van der Waals surface area contributed by atoms with Gasteiger partial charge in [-0.25, -0.2) is 0 Å². The number of hydrogen-bond acceptors (Lipinski definition) is 2. The molecule has 0 atom stereocenters. The van der Waals surface area contributed by atoms with Crippen molar-refractivity contribution in [3.05, 3.63) is 29.8 Å². The van der Waals surface area contributed by atoms with Crippen molar-refractivity contribution in [3.63, 3.8) is 0 Å². The highest BCUT2D eigenvalue weighted by Crippen LogP contribution is 2.19. The van der Waals surface area contributed by atoms with Gasteiger partial charge in [-0.2, -0.15) is 8.78 Å². The van der Waals surface area contributed by atoms with Crippen LogP contribution in [0.2, 0.25) is 0 Å². The van der Waals surface area contributed by atoms with E-state index < -0.39 is 6.61 Å². The van der Waals surface area contributed by atoms with Crippen LogP contribution in [0.15, 0.2) is 24.3 Å². The lowest BCUT2D eigenvalue weighted by Crippen LogP contribution is -2.16. The lowest BCUT2D eigenvalue weighted by atomic mass is 10.2. The van der Waals surface area contributed by atoms with Gasteiger partial charge in [0.05, 0.1) is 6.67 Å². The van der Waals surface area contributed by atoms with Crippen molar-refractivity contribution in [3.8, 4) is 5.75 Å². The second-order valence-corrected chi connectivity index (χ2v) is 3.21. The second-order valence-electron chi connectivity index (χ2n) is 3.21. The molecule has 16 heavy (non-hydrogen) atoms. The standard InChI is InChI=1S/C11H14F3NO/c12-6-3-7-15-8-9-4-1-2-5-10(9)16-11(13)14/h1-2,4-5,11,15H,3,6-8H2. The number of rotatable bonds is 7. The van der Waals surface area contributed by atoms with Crippen LogP contribution in [-0.2, 0) is 6.54 Å². The van der Waals surface area contributed by atoms with Crippen molar-refractivity contribution < 1.29 is 17.9 Å². The molecule has 0 radical (unpaired) electrons. The molecule has 0 aliphatic rings. The van der Waals surface area contributed by atoms with Crippen LogP contribution in [0.1, 0.15) is 12.0 Å². The highest BCUT2D eigenvalue weighted by atomic mass is 19.3. The summed E-state index contributed by atoms with van der Waals surface area (Å²) in [6.07, 6.45) is 0.415. The first-order valence-electron chi connectivity index (χ1n) is 5.03. The average molecular weight is 233 g/mol. The van der Waals surface area contributed by atoms with Crippen LogP contribution < -0.4 is 10.1 Å². The Kier molecular flexibility index (Phi) is 5.71. The van der Waals surface area contributed by atoms with Crippen molar-refractivity contribution in [2.75, 3.05) is 13.2 Å². The third kappa shape index (κ3) is 4.53. The van der Waals surface area contributed by atoms with E-state index in [0.717, 1.165) is 0 Å². The normalized spacial score (nSPS) is 10.8. The SMILES string of the molecule is FCCCNCc1ccccc1OC(F)F. The Morgan fingerprint density at radius 3 is 2.69 bits per heavy atom. The van der Waals surface area contributed by atoms with Crippen molar-refractivity contribution in [2.24, 2.45) is 0 Å². The molecule has 0 bridgehead atoms. The Bertz CT molecular complexity index is 307. The summed E-state index contributed by atoms with van der Waals surface area (Å²) in [4.78, 5) is 0. The van der Waals surface area contributed by atoms with E-state index in [0.29, 0.717) is 25.1 Å². The molecule has 90 valence electrons. The van der Waals surface area contributed by atoms with Gasteiger partial charge in [-0.3, -0.25) is 4.39 Å². The molecule has 0 saturated carbocycles. The van der Waals surface area contributed by atoms with Crippen molar-refractivity contribution in [1.29, 1.82) is 0 Å². The zero-order chi connectivity index (χ0) is 11.8. The number of hydrogen-bond donors (Lipinski definition) is 1. The van der Waals surface area contributed by atoms with E-state index in [-0.39, 0.29) is 12.4 Å². The molecule has 5 heteroatoms. The van der Waals surface area contributed by atoms with Crippen molar-refractivity contribution in [2.45, 2.75) is 19.6 Å². The maximum atomic E-state index is 12.1. The third-order valence-electron chi connectivity index (χ3n) is 1.99. The summed E-state index contributed by atoms with van der Waals surface area (Å²) in [6, 6.07) is 6.55. The van der Waals surface area contributed by atoms with E-state index in [2.05, 4.69) is 10.1 Å². The Balaban J connectivity index is 2.50. The molecule has 0 spiro atoms. The molecule has 0 aromatic heterocycles. The molecule has 0 unspecified atom stereocenters. The first-order chi connectivity index (χ1) is 7.74. The number of benzene rings is 1. The molecule has 1 aromatic rings. The number of nitrogens with one attached hydrogen (secondary N) is 1. The van der Waals surface area contributed by atoms with Gasteiger partial charge in [-0.1, -0.05) is 18.2 Å². The van der Waals surface area contributed by atoms with Gasteiger partial charge in [-0.15, -0.1) is 0 Å². The Morgan fingerprint density at radius 1 is 1.25 bits per heavy atom. The number of alkyl halides is 3. The molecular formula is C11H14F3NO. The van der Waals surface area contributed by atoms with Gasteiger partial charge in [0.2, 0.25) is 0 Å². The fourth-order valence-electron chi connectivity index (χ4n) is 1.28. The first kappa shape index (κ1) is 12.8. The summed E-state index contributed by atoms with van der Waals surface area (Å²) in [7, 11) is 0. The first-order valence-corrected chi connectivity index (χ1v) is 5.03. The quantitative estimate of drug-likeness (QED) is 0.731. The Labute approximate surface area is 92.4 Å². The van der Waals surface area contributed by atoms with Crippen molar-refractivity contribution >= 4 is 0 Å². The van der Waals surface area contributed by atoms with Gasteiger partial charge in [0, 0.05) is 12.1 Å². The number of para-hydroxylation sites is 1. The second kappa shape index (κ2) is 7.11. The maximum absolute atomic E-state index is 12.1. The smallest absolute Gasteiger partial charge is 0.387 e. The van der Waals surface area contributed by atoms with Crippen LogP contribution in [0.25, 0.3) is 0 Å². The molecule has 0 saturated heterocycles. The molecule has 1 rings (SSSR count). The minimum absolute atomic E-state index is 0.158. The summed E-state index contributed by atoms with van der Waals surface area (Å²) in [5, 5.41) is 2.95. The van der Waals surface area contributed by atoms with Crippen LogP contribution in [0.3, 0.4) is 0 Å². The van der Waals surface area contributed by atoms with Gasteiger partial charge in [0.1, 0.15) is 5.75 Å². The third-order valence-corrected chi connectivity index (χ3v) is 1.99. The van der Waals surface area contributed by atoms with Gasteiger partial charge < -0.3 is 10.1 Å². The van der Waals surface area contributed by atoms with Gasteiger partial charge >= 0.3 is 6.61 Å². The lowest BCUT2D eigenvalue weighted by molar-refractivity contribution is -0.0504. The van der Waals surface area contributed by atoms with E-state index >= 15 is 0 Å². The maximum Gasteiger partial charge on any atom is 0.387 e. The van der Waals surface area contributed by atoms with Crippen LogP contribution in [0.5, 0.6) is 5.75 Å². The van der Waals surface area contributed by atoms with Gasteiger partial charge in [0.15, 0.2) is 0 Å². The molecule has 2 nitrogen and oxygen atoms in total. The van der Waals surface area contributed by atoms with E-state index in [1.807, 2.05) is 0 Å². The number of ether oxygens (including phenoxy) is 1. The van der Waals surface area contributed by atoms with E-state index in [9.17, 15) is 13.2 Å².